The van der Waals surface area contributed by atoms with Crippen LogP contribution in [0.25, 0.3) is 11.0 Å². The Kier molecular flexibility index (Phi) is 2.14. The van der Waals surface area contributed by atoms with Gasteiger partial charge in [0.25, 0.3) is 0 Å². The Bertz CT molecular complexity index is 692. The molecular formula is C13H14N2O3. The van der Waals surface area contributed by atoms with Crippen molar-refractivity contribution in [3.8, 4) is 0 Å². The van der Waals surface area contributed by atoms with E-state index >= 15 is 0 Å². The maximum Gasteiger partial charge on any atom is 0.337 e. The number of carbonyl (C=O) groups is 1. The smallest absolute Gasteiger partial charge is 0.337 e. The van der Waals surface area contributed by atoms with Crippen molar-refractivity contribution < 1.29 is 9.90 Å². The van der Waals surface area contributed by atoms with Crippen LogP contribution < -0.4 is 5.69 Å². The average molecular weight is 246 g/mol. The maximum absolute atomic E-state index is 11.9. The normalized spacial score (nSPS) is 16.9. The van der Waals surface area contributed by atoms with Gasteiger partial charge in [-0.3, -0.25) is 4.57 Å². The Morgan fingerprint density at radius 1 is 1.50 bits per heavy atom. The zero-order valence-corrected chi connectivity index (χ0v) is 10.1. The molecule has 0 atom stereocenters. The first-order valence-electron chi connectivity index (χ1n) is 5.95. The van der Waals surface area contributed by atoms with Crippen molar-refractivity contribution in [2.75, 3.05) is 0 Å². The number of hydrogen-bond acceptors (Lipinski definition) is 2. The first-order valence-corrected chi connectivity index (χ1v) is 5.95. The number of rotatable bonds is 3. The predicted molar refractivity (Wildman–Crippen MR) is 66.9 cm³/mol. The molecule has 2 aromatic rings. The molecule has 1 saturated carbocycles. The van der Waals surface area contributed by atoms with E-state index in [1.807, 2.05) is 0 Å². The fourth-order valence-electron chi connectivity index (χ4n) is 2.27. The van der Waals surface area contributed by atoms with E-state index < -0.39 is 5.97 Å². The van der Waals surface area contributed by atoms with Crippen LogP contribution in [0.2, 0.25) is 0 Å². The zero-order chi connectivity index (χ0) is 12.9. The van der Waals surface area contributed by atoms with Gasteiger partial charge in [0, 0.05) is 6.54 Å². The third-order valence-electron chi connectivity index (χ3n) is 3.68. The van der Waals surface area contributed by atoms with Crippen LogP contribution in [0.15, 0.2) is 23.0 Å². The van der Waals surface area contributed by atoms with E-state index in [4.69, 9.17) is 5.11 Å². The van der Waals surface area contributed by atoms with Crippen LogP contribution in [-0.2, 0) is 6.54 Å². The molecule has 0 amide bonds. The predicted octanol–water partition coefficient (Wildman–Crippen LogP) is 1.83. The molecule has 5 nitrogen and oxygen atoms in total. The van der Waals surface area contributed by atoms with Crippen molar-refractivity contribution in [3.05, 3.63) is 34.2 Å². The number of para-hydroxylation sites is 1. The molecule has 1 aliphatic carbocycles. The molecule has 0 saturated heterocycles. The molecule has 5 heteroatoms. The summed E-state index contributed by atoms with van der Waals surface area (Å²) < 4.78 is 1.65. The molecule has 0 spiro atoms. The van der Waals surface area contributed by atoms with Crippen molar-refractivity contribution in [3.63, 3.8) is 0 Å². The summed E-state index contributed by atoms with van der Waals surface area (Å²) in [5.74, 6) is -1.02. The second kappa shape index (κ2) is 3.48. The van der Waals surface area contributed by atoms with E-state index in [1.165, 1.54) is 6.07 Å². The Balaban J connectivity index is 2.20. The van der Waals surface area contributed by atoms with Crippen LogP contribution >= 0.6 is 0 Å². The number of aromatic nitrogens is 2. The summed E-state index contributed by atoms with van der Waals surface area (Å²) in [5, 5.41) is 9.10. The van der Waals surface area contributed by atoms with Crippen molar-refractivity contribution in [2.24, 2.45) is 5.41 Å². The van der Waals surface area contributed by atoms with Gasteiger partial charge in [0.05, 0.1) is 16.6 Å². The van der Waals surface area contributed by atoms with Crippen LogP contribution in [0.3, 0.4) is 0 Å². The summed E-state index contributed by atoms with van der Waals surface area (Å²) in [6.45, 7) is 2.79. The SMILES string of the molecule is CC1(Cn2c(=O)[nH]c3c(C(=O)O)cccc32)CC1. The summed E-state index contributed by atoms with van der Waals surface area (Å²) in [4.78, 5) is 25.7. The van der Waals surface area contributed by atoms with Gasteiger partial charge in [-0.1, -0.05) is 13.0 Å². The lowest BCUT2D eigenvalue weighted by Crippen LogP contribution is -2.20. The van der Waals surface area contributed by atoms with E-state index in [1.54, 1.807) is 16.7 Å². The minimum absolute atomic E-state index is 0.143. The Morgan fingerprint density at radius 2 is 2.22 bits per heavy atom. The van der Waals surface area contributed by atoms with E-state index in [-0.39, 0.29) is 16.7 Å². The topological polar surface area (TPSA) is 75.1 Å². The standard InChI is InChI=1S/C13H14N2O3/c1-13(5-6-13)7-15-9-4-2-3-8(11(16)17)10(9)14-12(15)18/h2-4H,5-7H2,1H3,(H,14,18)(H,16,17). The van der Waals surface area contributed by atoms with Crippen LogP contribution in [-0.4, -0.2) is 20.6 Å². The highest BCUT2D eigenvalue weighted by molar-refractivity contribution is 6.00. The van der Waals surface area contributed by atoms with Gasteiger partial charge in [-0.15, -0.1) is 0 Å². The van der Waals surface area contributed by atoms with Gasteiger partial charge < -0.3 is 10.1 Å². The monoisotopic (exact) mass is 246 g/mol. The summed E-state index contributed by atoms with van der Waals surface area (Å²) in [7, 11) is 0. The number of nitrogens with zero attached hydrogens (tertiary/aromatic N) is 1. The number of benzene rings is 1. The van der Waals surface area contributed by atoms with Crippen LogP contribution in [0.4, 0.5) is 0 Å². The van der Waals surface area contributed by atoms with Crippen LogP contribution in [0.1, 0.15) is 30.1 Å². The van der Waals surface area contributed by atoms with Gasteiger partial charge in [-0.2, -0.15) is 0 Å². The number of aromatic carboxylic acids is 1. The average Bonchev–Trinajstić information content (AvgIpc) is 2.96. The third-order valence-corrected chi connectivity index (χ3v) is 3.68. The van der Waals surface area contributed by atoms with Crippen molar-refractivity contribution in [1.29, 1.82) is 0 Å². The minimum atomic E-state index is -1.02. The second-order valence-electron chi connectivity index (χ2n) is 5.33. The van der Waals surface area contributed by atoms with Gasteiger partial charge in [0.2, 0.25) is 0 Å². The molecular weight excluding hydrogens is 232 g/mol. The molecule has 1 aromatic heterocycles. The second-order valence-corrected chi connectivity index (χ2v) is 5.33. The summed E-state index contributed by atoms with van der Waals surface area (Å²) in [6, 6.07) is 4.96. The lowest BCUT2D eigenvalue weighted by atomic mass is 10.1. The highest BCUT2D eigenvalue weighted by atomic mass is 16.4. The molecule has 18 heavy (non-hydrogen) atoms. The van der Waals surface area contributed by atoms with Crippen LogP contribution in [0.5, 0.6) is 0 Å². The summed E-state index contributed by atoms with van der Waals surface area (Å²) >= 11 is 0. The maximum atomic E-state index is 11.9. The molecule has 94 valence electrons. The lowest BCUT2D eigenvalue weighted by Gasteiger charge is -2.09. The van der Waals surface area contributed by atoms with Gasteiger partial charge in [-0.25, -0.2) is 9.59 Å². The number of carboxylic acid groups (broad SMARTS) is 1. The number of nitrogens with one attached hydrogen (secondary N) is 1. The van der Waals surface area contributed by atoms with Crippen molar-refractivity contribution in [2.45, 2.75) is 26.3 Å². The van der Waals surface area contributed by atoms with E-state index in [9.17, 15) is 9.59 Å². The largest absolute Gasteiger partial charge is 0.478 e. The molecule has 1 fully saturated rings. The highest BCUT2D eigenvalue weighted by Gasteiger charge is 2.38. The quantitative estimate of drug-likeness (QED) is 0.867. The van der Waals surface area contributed by atoms with Crippen molar-refractivity contribution >= 4 is 17.0 Å². The molecule has 1 heterocycles. The Labute approximate surface area is 103 Å². The van der Waals surface area contributed by atoms with Gasteiger partial charge in [0.15, 0.2) is 0 Å². The zero-order valence-electron chi connectivity index (χ0n) is 10.1. The van der Waals surface area contributed by atoms with Crippen molar-refractivity contribution in [1.82, 2.24) is 9.55 Å². The van der Waals surface area contributed by atoms with E-state index in [0.717, 1.165) is 12.8 Å². The Morgan fingerprint density at radius 3 is 2.83 bits per heavy atom. The fraction of sp³-hybridized carbons (Fsp3) is 0.385. The molecule has 0 bridgehead atoms. The highest BCUT2D eigenvalue weighted by Crippen LogP contribution is 2.46. The first-order chi connectivity index (χ1) is 8.50. The Hall–Kier alpha value is -2.04. The molecule has 1 aromatic carbocycles. The fourth-order valence-corrected chi connectivity index (χ4v) is 2.27. The summed E-state index contributed by atoms with van der Waals surface area (Å²) in [6.07, 6.45) is 2.23. The molecule has 3 rings (SSSR count). The molecule has 1 aliphatic rings. The van der Waals surface area contributed by atoms with Gasteiger partial charge in [-0.05, 0) is 30.4 Å². The summed E-state index contributed by atoms with van der Waals surface area (Å²) in [5.41, 5.74) is 1.20. The minimum Gasteiger partial charge on any atom is -0.478 e. The first kappa shape index (κ1) is 11.1. The molecule has 0 radical (unpaired) electrons. The number of H-pyrrole nitrogens is 1. The third kappa shape index (κ3) is 1.63. The number of carboxylic acids is 1. The number of imidazole rings is 1. The molecule has 0 unspecified atom stereocenters. The molecule has 0 aliphatic heterocycles. The number of hydrogen-bond donors (Lipinski definition) is 2. The van der Waals surface area contributed by atoms with E-state index in [0.29, 0.717) is 17.6 Å². The van der Waals surface area contributed by atoms with Gasteiger partial charge in [0.1, 0.15) is 0 Å². The number of fused-ring (bicyclic) bond motifs is 1. The molecule has 2 N–H and O–H groups in total. The van der Waals surface area contributed by atoms with E-state index in [2.05, 4.69) is 11.9 Å². The lowest BCUT2D eigenvalue weighted by molar-refractivity contribution is 0.0699. The van der Waals surface area contributed by atoms with Crippen LogP contribution in [0, 0.1) is 5.41 Å². The number of aromatic amines is 1. The van der Waals surface area contributed by atoms with Gasteiger partial charge >= 0.3 is 11.7 Å².